The number of aryl methyl sites for hydroxylation is 2. The van der Waals surface area contributed by atoms with Crippen LogP contribution >= 0.6 is 23.2 Å². The summed E-state index contributed by atoms with van der Waals surface area (Å²) in [4.78, 5) is 12.3. The molecule has 2 rings (SSSR count). The largest absolute Gasteiger partial charge is 0.321 e. The molecule has 0 aliphatic heterocycles. The number of amides is 1. The van der Waals surface area contributed by atoms with E-state index in [2.05, 4.69) is 5.32 Å². The van der Waals surface area contributed by atoms with Crippen molar-refractivity contribution in [2.45, 2.75) is 13.8 Å². The molecule has 0 fully saturated rings. The zero-order valence-corrected chi connectivity index (χ0v) is 14.2. The average Bonchev–Trinajstić information content (AvgIpc) is 2.49. The van der Waals surface area contributed by atoms with Crippen LogP contribution in [0, 0.1) is 25.2 Å². The van der Waals surface area contributed by atoms with Crippen molar-refractivity contribution < 1.29 is 4.79 Å². The van der Waals surface area contributed by atoms with Crippen molar-refractivity contribution in [1.82, 2.24) is 0 Å². The van der Waals surface area contributed by atoms with Crippen molar-refractivity contribution in [2.24, 2.45) is 0 Å². The number of hydrogen-bond donors (Lipinski definition) is 1. The molecule has 0 aliphatic rings. The van der Waals surface area contributed by atoms with E-state index in [9.17, 15) is 10.1 Å². The Labute approximate surface area is 145 Å². The van der Waals surface area contributed by atoms with E-state index >= 15 is 0 Å². The lowest BCUT2D eigenvalue weighted by Crippen LogP contribution is -2.14. The fourth-order valence-electron chi connectivity index (χ4n) is 2.07. The zero-order valence-electron chi connectivity index (χ0n) is 12.7. The van der Waals surface area contributed by atoms with Gasteiger partial charge in [0.05, 0.1) is 0 Å². The van der Waals surface area contributed by atoms with Crippen LogP contribution in [0.25, 0.3) is 6.08 Å². The second-order valence-corrected chi connectivity index (χ2v) is 5.95. The van der Waals surface area contributed by atoms with Gasteiger partial charge < -0.3 is 5.32 Å². The minimum Gasteiger partial charge on any atom is -0.321 e. The van der Waals surface area contributed by atoms with Crippen molar-refractivity contribution in [3.63, 3.8) is 0 Å². The van der Waals surface area contributed by atoms with Gasteiger partial charge >= 0.3 is 0 Å². The summed E-state index contributed by atoms with van der Waals surface area (Å²) in [6.45, 7) is 3.87. The summed E-state index contributed by atoms with van der Waals surface area (Å²) in [6.07, 6.45) is 1.44. The molecule has 0 heterocycles. The van der Waals surface area contributed by atoms with Crippen LogP contribution in [-0.4, -0.2) is 5.91 Å². The van der Waals surface area contributed by atoms with Crippen LogP contribution in [0.2, 0.25) is 10.0 Å². The van der Waals surface area contributed by atoms with E-state index < -0.39 is 5.91 Å². The highest BCUT2D eigenvalue weighted by atomic mass is 35.5. The van der Waals surface area contributed by atoms with E-state index in [1.807, 2.05) is 38.1 Å². The number of carbonyl (C=O) groups is 1. The summed E-state index contributed by atoms with van der Waals surface area (Å²) >= 11 is 11.9. The normalized spacial score (nSPS) is 11.0. The smallest absolute Gasteiger partial charge is 0.266 e. The molecular weight excluding hydrogens is 331 g/mol. The molecule has 5 heteroatoms. The van der Waals surface area contributed by atoms with Crippen molar-refractivity contribution in [1.29, 1.82) is 5.26 Å². The minimum atomic E-state index is -0.481. The van der Waals surface area contributed by atoms with Gasteiger partial charge in [-0.25, -0.2) is 0 Å². The van der Waals surface area contributed by atoms with Gasteiger partial charge in [0.25, 0.3) is 5.91 Å². The molecule has 0 atom stereocenters. The molecule has 0 saturated carbocycles. The summed E-state index contributed by atoms with van der Waals surface area (Å²) in [5, 5.41) is 12.9. The average molecular weight is 345 g/mol. The van der Waals surface area contributed by atoms with Gasteiger partial charge in [-0.3, -0.25) is 4.79 Å². The molecule has 3 nitrogen and oxygen atoms in total. The van der Waals surface area contributed by atoms with Crippen molar-refractivity contribution in [2.75, 3.05) is 5.32 Å². The second kappa shape index (κ2) is 7.32. The van der Waals surface area contributed by atoms with Crippen LogP contribution in [0.4, 0.5) is 5.69 Å². The molecule has 0 aliphatic carbocycles. The van der Waals surface area contributed by atoms with Crippen LogP contribution < -0.4 is 5.32 Å². The summed E-state index contributed by atoms with van der Waals surface area (Å²) in [5.74, 6) is -0.481. The molecule has 0 spiro atoms. The standard InChI is InChI=1S/C18H14Cl2N2O/c1-11-3-6-17(12(2)7-11)22-18(23)14(10-21)8-13-4-5-15(19)9-16(13)20/h3-9H,1-2H3,(H,22,23)/b14-8+. The highest BCUT2D eigenvalue weighted by Gasteiger charge is 2.12. The van der Waals surface area contributed by atoms with Crippen LogP contribution in [0.5, 0.6) is 0 Å². The maximum absolute atomic E-state index is 12.3. The summed E-state index contributed by atoms with van der Waals surface area (Å²) in [6, 6.07) is 12.4. The number of carbonyl (C=O) groups excluding carboxylic acids is 1. The van der Waals surface area contributed by atoms with Crippen molar-refractivity contribution >= 4 is 40.9 Å². The quantitative estimate of drug-likeness (QED) is 0.617. The van der Waals surface area contributed by atoms with E-state index in [0.717, 1.165) is 11.1 Å². The Kier molecular flexibility index (Phi) is 5.44. The van der Waals surface area contributed by atoms with E-state index in [0.29, 0.717) is 21.3 Å². The van der Waals surface area contributed by atoms with Gasteiger partial charge in [0.15, 0.2) is 0 Å². The Hall–Kier alpha value is -2.28. The molecule has 0 saturated heterocycles. The first-order chi connectivity index (χ1) is 10.9. The zero-order chi connectivity index (χ0) is 17.0. The van der Waals surface area contributed by atoms with Gasteiger partial charge in [0.2, 0.25) is 0 Å². The highest BCUT2D eigenvalue weighted by molar-refractivity contribution is 6.35. The van der Waals surface area contributed by atoms with Gasteiger partial charge in [-0.15, -0.1) is 0 Å². The Morgan fingerprint density at radius 3 is 2.52 bits per heavy atom. The predicted molar refractivity (Wildman–Crippen MR) is 94.6 cm³/mol. The monoisotopic (exact) mass is 344 g/mol. The van der Waals surface area contributed by atoms with Gasteiger partial charge in [0, 0.05) is 15.7 Å². The Balaban J connectivity index is 2.28. The molecule has 0 radical (unpaired) electrons. The maximum atomic E-state index is 12.3. The number of rotatable bonds is 3. The molecule has 1 N–H and O–H groups in total. The first-order valence-electron chi connectivity index (χ1n) is 6.86. The number of hydrogen-bond acceptors (Lipinski definition) is 2. The predicted octanol–water partition coefficient (Wildman–Crippen LogP) is 5.16. The number of halogens is 2. The third-order valence-corrected chi connectivity index (χ3v) is 3.82. The third kappa shape index (κ3) is 4.35. The molecule has 2 aromatic rings. The molecule has 23 heavy (non-hydrogen) atoms. The van der Waals surface area contributed by atoms with E-state index in [-0.39, 0.29) is 5.57 Å². The second-order valence-electron chi connectivity index (χ2n) is 5.11. The van der Waals surface area contributed by atoms with E-state index in [1.54, 1.807) is 18.2 Å². The number of anilines is 1. The van der Waals surface area contributed by atoms with Crippen LogP contribution in [0.1, 0.15) is 16.7 Å². The van der Waals surface area contributed by atoms with Crippen molar-refractivity contribution in [3.05, 3.63) is 68.7 Å². The summed E-state index contributed by atoms with van der Waals surface area (Å²) in [5.41, 5.74) is 3.23. The molecule has 0 aromatic heterocycles. The van der Waals surface area contributed by atoms with Crippen LogP contribution in [-0.2, 0) is 4.79 Å². The molecular formula is C18H14Cl2N2O. The lowest BCUT2D eigenvalue weighted by Gasteiger charge is -2.08. The van der Waals surface area contributed by atoms with Gasteiger partial charge in [-0.1, -0.05) is 47.0 Å². The van der Waals surface area contributed by atoms with Gasteiger partial charge in [-0.05, 0) is 49.2 Å². The van der Waals surface area contributed by atoms with Gasteiger partial charge in [0.1, 0.15) is 11.6 Å². The number of benzene rings is 2. The molecule has 2 aromatic carbocycles. The SMILES string of the molecule is Cc1ccc(NC(=O)/C(C#N)=C/c2ccc(Cl)cc2Cl)c(C)c1. The molecule has 0 bridgehead atoms. The Bertz CT molecular complexity index is 835. The molecule has 1 amide bonds. The summed E-state index contributed by atoms with van der Waals surface area (Å²) in [7, 11) is 0. The van der Waals surface area contributed by atoms with Crippen LogP contribution in [0.15, 0.2) is 42.0 Å². The number of nitrogens with zero attached hydrogens (tertiary/aromatic N) is 1. The van der Waals surface area contributed by atoms with Crippen molar-refractivity contribution in [3.8, 4) is 6.07 Å². The Morgan fingerprint density at radius 1 is 1.17 bits per heavy atom. The third-order valence-electron chi connectivity index (χ3n) is 3.26. The summed E-state index contributed by atoms with van der Waals surface area (Å²) < 4.78 is 0. The molecule has 0 unspecified atom stereocenters. The first-order valence-corrected chi connectivity index (χ1v) is 7.62. The van der Waals surface area contributed by atoms with E-state index in [1.165, 1.54) is 6.08 Å². The fourth-order valence-corrected chi connectivity index (χ4v) is 2.53. The lowest BCUT2D eigenvalue weighted by molar-refractivity contribution is -0.112. The fraction of sp³-hybridized carbons (Fsp3) is 0.111. The topological polar surface area (TPSA) is 52.9 Å². The highest BCUT2D eigenvalue weighted by Crippen LogP contribution is 2.23. The van der Waals surface area contributed by atoms with Crippen LogP contribution in [0.3, 0.4) is 0 Å². The molecule has 116 valence electrons. The van der Waals surface area contributed by atoms with E-state index in [4.69, 9.17) is 23.2 Å². The first kappa shape index (κ1) is 17.1. The number of nitriles is 1. The maximum Gasteiger partial charge on any atom is 0.266 e. The number of nitrogens with one attached hydrogen (secondary N) is 1. The van der Waals surface area contributed by atoms with Gasteiger partial charge in [-0.2, -0.15) is 5.26 Å². The lowest BCUT2D eigenvalue weighted by atomic mass is 10.1. The minimum absolute atomic E-state index is 0.0332. The Morgan fingerprint density at radius 2 is 1.91 bits per heavy atom.